The van der Waals surface area contributed by atoms with Gasteiger partial charge in [0.25, 0.3) is 0 Å². The second-order valence-corrected chi connectivity index (χ2v) is 5.01. The van der Waals surface area contributed by atoms with Gasteiger partial charge in [-0.1, -0.05) is 13.0 Å². The predicted molar refractivity (Wildman–Crippen MR) is 79.6 cm³/mol. The van der Waals surface area contributed by atoms with Crippen molar-refractivity contribution in [3.05, 3.63) is 47.3 Å². The Morgan fingerprint density at radius 1 is 1.21 bits per heavy atom. The van der Waals surface area contributed by atoms with Crippen molar-refractivity contribution in [1.82, 2.24) is 4.57 Å². The Balaban J connectivity index is 2.04. The second kappa shape index (κ2) is 5.83. The molecule has 1 heterocycles. The lowest BCUT2D eigenvalue weighted by atomic mass is 10.1. The summed E-state index contributed by atoms with van der Waals surface area (Å²) in [6.45, 7) is 7.87. The van der Waals surface area contributed by atoms with Gasteiger partial charge < -0.3 is 15.0 Å². The van der Waals surface area contributed by atoms with Crippen LogP contribution in [-0.2, 0) is 13.1 Å². The number of anilines is 1. The van der Waals surface area contributed by atoms with E-state index < -0.39 is 0 Å². The lowest BCUT2D eigenvalue weighted by molar-refractivity contribution is 0.467. The molecule has 0 aliphatic rings. The number of hydrogen-bond donors (Lipinski definition) is 2. The zero-order valence-electron chi connectivity index (χ0n) is 11.9. The van der Waals surface area contributed by atoms with E-state index in [2.05, 4.69) is 35.3 Å². The molecule has 19 heavy (non-hydrogen) atoms. The number of aryl methyl sites for hydroxylation is 2. The molecular weight excluding hydrogens is 236 g/mol. The molecule has 2 aromatic rings. The molecule has 0 saturated carbocycles. The van der Waals surface area contributed by atoms with Gasteiger partial charge in [-0.05, 0) is 43.5 Å². The first kappa shape index (κ1) is 13.5. The number of phenols is 1. The molecule has 2 N–H and O–H groups in total. The fourth-order valence-electron chi connectivity index (χ4n) is 2.22. The minimum atomic E-state index is 0.383. The van der Waals surface area contributed by atoms with Crippen molar-refractivity contribution in [2.24, 2.45) is 0 Å². The summed E-state index contributed by atoms with van der Waals surface area (Å²) in [6, 6.07) is 6.09. The van der Waals surface area contributed by atoms with E-state index in [4.69, 9.17) is 0 Å². The summed E-state index contributed by atoms with van der Waals surface area (Å²) in [5.74, 6) is 0.383. The Kier molecular flexibility index (Phi) is 4.15. The van der Waals surface area contributed by atoms with Gasteiger partial charge in [-0.3, -0.25) is 0 Å². The molecule has 1 aromatic heterocycles. The van der Waals surface area contributed by atoms with Crippen molar-refractivity contribution >= 4 is 5.69 Å². The summed E-state index contributed by atoms with van der Waals surface area (Å²) in [4.78, 5) is 0. The maximum Gasteiger partial charge on any atom is 0.123 e. The monoisotopic (exact) mass is 258 g/mol. The number of phenolic OH excluding ortho intramolecular Hbond substituents is 1. The van der Waals surface area contributed by atoms with Crippen molar-refractivity contribution in [1.29, 1.82) is 0 Å². The molecule has 0 unspecified atom stereocenters. The second-order valence-electron chi connectivity index (χ2n) is 5.01. The average Bonchev–Trinajstić information content (AvgIpc) is 2.83. The van der Waals surface area contributed by atoms with E-state index in [9.17, 15) is 5.11 Å². The number of nitrogens with zero attached hydrogens (tertiary/aromatic N) is 1. The van der Waals surface area contributed by atoms with Crippen molar-refractivity contribution in [2.75, 3.05) is 5.32 Å². The van der Waals surface area contributed by atoms with Crippen LogP contribution in [0.1, 0.15) is 30.0 Å². The van der Waals surface area contributed by atoms with Crippen LogP contribution in [0.4, 0.5) is 5.69 Å². The Morgan fingerprint density at radius 2 is 2.00 bits per heavy atom. The first-order chi connectivity index (χ1) is 9.11. The van der Waals surface area contributed by atoms with E-state index in [1.807, 2.05) is 26.0 Å². The lowest BCUT2D eigenvalue weighted by Gasteiger charge is -2.11. The van der Waals surface area contributed by atoms with E-state index in [0.29, 0.717) is 5.75 Å². The van der Waals surface area contributed by atoms with E-state index >= 15 is 0 Å². The summed E-state index contributed by atoms with van der Waals surface area (Å²) in [5.41, 5.74) is 4.07. The van der Waals surface area contributed by atoms with Crippen LogP contribution in [0.3, 0.4) is 0 Å². The molecule has 1 aromatic carbocycles. The predicted octanol–water partition coefficient (Wildman–Crippen LogP) is 3.83. The number of aromatic nitrogens is 1. The van der Waals surface area contributed by atoms with Gasteiger partial charge in [0.2, 0.25) is 0 Å². The Labute approximate surface area is 114 Å². The van der Waals surface area contributed by atoms with Gasteiger partial charge in [0.15, 0.2) is 0 Å². The van der Waals surface area contributed by atoms with Gasteiger partial charge in [0.1, 0.15) is 5.75 Å². The number of rotatable bonds is 5. The van der Waals surface area contributed by atoms with Gasteiger partial charge >= 0.3 is 0 Å². The van der Waals surface area contributed by atoms with E-state index in [-0.39, 0.29) is 0 Å². The molecule has 0 aliphatic carbocycles. The largest absolute Gasteiger partial charge is 0.507 e. The molecule has 0 spiro atoms. The van der Waals surface area contributed by atoms with Crippen LogP contribution in [-0.4, -0.2) is 9.67 Å². The molecular formula is C16H22N2O. The molecule has 0 saturated heterocycles. The maximum absolute atomic E-state index is 9.91. The zero-order valence-corrected chi connectivity index (χ0v) is 11.9. The highest BCUT2D eigenvalue weighted by atomic mass is 16.3. The third-order valence-electron chi connectivity index (χ3n) is 3.41. The molecule has 3 heteroatoms. The number of benzene rings is 1. The summed E-state index contributed by atoms with van der Waals surface area (Å²) in [7, 11) is 0. The number of nitrogens with one attached hydrogen (secondary N) is 1. The van der Waals surface area contributed by atoms with Gasteiger partial charge in [0.05, 0.1) is 0 Å². The quantitative estimate of drug-likeness (QED) is 0.855. The first-order valence-corrected chi connectivity index (χ1v) is 6.79. The van der Waals surface area contributed by atoms with Crippen LogP contribution in [0.2, 0.25) is 0 Å². The van der Waals surface area contributed by atoms with Gasteiger partial charge in [-0.2, -0.15) is 0 Å². The molecule has 2 rings (SSSR count). The summed E-state index contributed by atoms with van der Waals surface area (Å²) < 4.78 is 2.20. The van der Waals surface area contributed by atoms with E-state index in [0.717, 1.165) is 36.3 Å². The van der Waals surface area contributed by atoms with Crippen LogP contribution in [0.25, 0.3) is 0 Å². The maximum atomic E-state index is 9.91. The highest BCUT2D eigenvalue weighted by Crippen LogP contribution is 2.28. The third kappa shape index (κ3) is 3.11. The molecule has 3 nitrogen and oxygen atoms in total. The van der Waals surface area contributed by atoms with Crippen molar-refractivity contribution < 1.29 is 5.11 Å². The molecule has 0 bridgehead atoms. The molecule has 102 valence electrons. The lowest BCUT2D eigenvalue weighted by Crippen LogP contribution is -2.01. The third-order valence-corrected chi connectivity index (χ3v) is 3.41. The average molecular weight is 258 g/mol. The number of hydrogen-bond acceptors (Lipinski definition) is 2. The van der Waals surface area contributed by atoms with E-state index in [1.165, 1.54) is 5.56 Å². The normalized spacial score (nSPS) is 10.7. The summed E-state index contributed by atoms with van der Waals surface area (Å²) in [6.07, 6.45) is 5.42. The topological polar surface area (TPSA) is 37.2 Å². The number of aromatic hydroxyl groups is 1. The highest BCUT2D eigenvalue weighted by molar-refractivity contribution is 5.59. The Bertz CT molecular complexity index is 558. The minimum Gasteiger partial charge on any atom is -0.507 e. The smallest absolute Gasteiger partial charge is 0.123 e. The van der Waals surface area contributed by atoms with Gasteiger partial charge in [-0.15, -0.1) is 0 Å². The van der Waals surface area contributed by atoms with Gasteiger partial charge in [-0.25, -0.2) is 0 Å². The SMILES string of the molecule is CCCn1ccc(CNc2ccc(C)c(O)c2C)c1. The highest BCUT2D eigenvalue weighted by Gasteiger charge is 2.06. The van der Waals surface area contributed by atoms with Gasteiger partial charge in [0, 0.05) is 36.7 Å². The Hall–Kier alpha value is -1.90. The molecule has 0 fully saturated rings. The Morgan fingerprint density at radius 3 is 2.74 bits per heavy atom. The van der Waals surface area contributed by atoms with Crippen LogP contribution >= 0.6 is 0 Å². The van der Waals surface area contributed by atoms with Crippen molar-refractivity contribution in [3.8, 4) is 5.75 Å². The molecule has 0 amide bonds. The van der Waals surface area contributed by atoms with Crippen LogP contribution in [0.15, 0.2) is 30.6 Å². The van der Waals surface area contributed by atoms with Crippen molar-refractivity contribution in [3.63, 3.8) is 0 Å². The summed E-state index contributed by atoms with van der Waals surface area (Å²) in [5, 5.41) is 13.3. The van der Waals surface area contributed by atoms with Crippen molar-refractivity contribution in [2.45, 2.75) is 40.3 Å². The summed E-state index contributed by atoms with van der Waals surface area (Å²) >= 11 is 0. The molecule has 0 radical (unpaired) electrons. The van der Waals surface area contributed by atoms with Crippen LogP contribution in [0.5, 0.6) is 5.75 Å². The fourth-order valence-corrected chi connectivity index (χ4v) is 2.22. The zero-order chi connectivity index (χ0) is 13.8. The molecule has 0 atom stereocenters. The fraction of sp³-hybridized carbons (Fsp3) is 0.375. The first-order valence-electron chi connectivity index (χ1n) is 6.79. The van der Waals surface area contributed by atoms with E-state index in [1.54, 1.807) is 0 Å². The minimum absolute atomic E-state index is 0.383. The van der Waals surface area contributed by atoms with Crippen LogP contribution < -0.4 is 5.32 Å². The standard InChI is InChI=1S/C16H22N2O/c1-4-8-18-9-7-14(11-18)10-17-15-6-5-12(2)16(19)13(15)3/h5-7,9,11,17,19H,4,8,10H2,1-3H3. The van der Waals surface area contributed by atoms with Crippen LogP contribution in [0, 0.1) is 13.8 Å². The molecule has 0 aliphatic heterocycles.